The van der Waals surface area contributed by atoms with Gasteiger partial charge in [0.15, 0.2) is 0 Å². The monoisotopic (exact) mass is 410 g/mol. The first-order chi connectivity index (χ1) is 14.6. The van der Waals surface area contributed by atoms with Gasteiger partial charge in [0.2, 0.25) is 11.8 Å². The molecule has 1 saturated heterocycles. The van der Waals surface area contributed by atoms with Gasteiger partial charge >= 0.3 is 0 Å². The second-order valence-electron chi connectivity index (χ2n) is 7.52. The molecule has 6 heteroatoms. The second kappa shape index (κ2) is 11.2. The van der Waals surface area contributed by atoms with Crippen LogP contribution >= 0.6 is 0 Å². The van der Waals surface area contributed by atoms with Gasteiger partial charge in [-0.2, -0.15) is 0 Å². The van der Waals surface area contributed by atoms with Gasteiger partial charge in [-0.1, -0.05) is 30.3 Å². The highest BCUT2D eigenvalue weighted by molar-refractivity contribution is 5.80. The first-order valence-electron chi connectivity index (χ1n) is 10.5. The molecule has 160 valence electrons. The summed E-state index contributed by atoms with van der Waals surface area (Å²) in [4.78, 5) is 26.6. The summed E-state index contributed by atoms with van der Waals surface area (Å²) < 4.78 is 11.3. The van der Waals surface area contributed by atoms with E-state index in [1.807, 2.05) is 66.4 Å². The fraction of sp³-hybridized carbons (Fsp3) is 0.417. The summed E-state index contributed by atoms with van der Waals surface area (Å²) in [5.41, 5.74) is 1.14. The summed E-state index contributed by atoms with van der Waals surface area (Å²) in [5, 5.41) is 2.95. The number of carbonyl (C=O) groups excluding carboxylic acids is 2. The average Bonchev–Trinajstić information content (AvgIpc) is 2.77. The van der Waals surface area contributed by atoms with Crippen LogP contribution in [0.2, 0.25) is 0 Å². The number of carbonyl (C=O) groups is 2. The number of piperidine rings is 1. The highest BCUT2D eigenvalue weighted by Crippen LogP contribution is 2.18. The molecule has 0 unspecified atom stereocenters. The van der Waals surface area contributed by atoms with E-state index < -0.39 is 0 Å². The number of benzene rings is 2. The van der Waals surface area contributed by atoms with Crippen LogP contribution in [0.25, 0.3) is 0 Å². The van der Waals surface area contributed by atoms with Crippen LogP contribution in [0.4, 0.5) is 0 Å². The molecule has 2 aromatic carbocycles. The summed E-state index contributed by atoms with van der Waals surface area (Å²) in [7, 11) is 0. The van der Waals surface area contributed by atoms with E-state index in [0.29, 0.717) is 52.1 Å². The maximum atomic E-state index is 12.4. The van der Waals surface area contributed by atoms with Crippen LogP contribution in [0, 0.1) is 12.8 Å². The smallest absolute Gasteiger partial charge is 0.225 e. The van der Waals surface area contributed by atoms with Crippen molar-refractivity contribution in [3.8, 4) is 11.5 Å². The molecule has 1 aliphatic heterocycles. The van der Waals surface area contributed by atoms with Crippen LogP contribution in [0.1, 0.15) is 24.8 Å². The third kappa shape index (κ3) is 6.79. The van der Waals surface area contributed by atoms with Crippen molar-refractivity contribution in [2.45, 2.75) is 26.2 Å². The van der Waals surface area contributed by atoms with Crippen molar-refractivity contribution in [2.24, 2.45) is 5.92 Å². The Morgan fingerprint density at radius 1 is 0.967 bits per heavy atom. The van der Waals surface area contributed by atoms with Crippen LogP contribution in [0.5, 0.6) is 11.5 Å². The van der Waals surface area contributed by atoms with E-state index in [-0.39, 0.29) is 17.7 Å². The quantitative estimate of drug-likeness (QED) is 0.645. The molecular weight excluding hydrogens is 380 g/mol. The maximum absolute atomic E-state index is 12.4. The lowest BCUT2D eigenvalue weighted by molar-refractivity contribution is -0.136. The van der Waals surface area contributed by atoms with Crippen molar-refractivity contribution < 1.29 is 19.1 Å². The van der Waals surface area contributed by atoms with E-state index in [4.69, 9.17) is 9.47 Å². The summed E-state index contributed by atoms with van der Waals surface area (Å²) in [6.07, 6.45) is 1.73. The lowest BCUT2D eigenvalue weighted by atomic mass is 9.95. The van der Waals surface area contributed by atoms with Gasteiger partial charge in [-0.15, -0.1) is 0 Å². The van der Waals surface area contributed by atoms with Crippen molar-refractivity contribution in [1.29, 1.82) is 0 Å². The van der Waals surface area contributed by atoms with E-state index >= 15 is 0 Å². The van der Waals surface area contributed by atoms with E-state index in [1.165, 1.54) is 0 Å². The number of hydrogen-bond donors (Lipinski definition) is 1. The highest BCUT2D eigenvalue weighted by Gasteiger charge is 2.26. The second-order valence-corrected chi connectivity index (χ2v) is 7.52. The van der Waals surface area contributed by atoms with E-state index in [1.54, 1.807) is 0 Å². The Morgan fingerprint density at radius 2 is 1.67 bits per heavy atom. The zero-order chi connectivity index (χ0) is 21.2. The molecule has 0 saturated carbocycles. The molecule has 0 bridgehead atoms. The zero-order valence-electron chi connectivity index (χ0n) is 17.5. The fourth-order valence-electron chi connectivity index (χ4n) is 3.51. The molecular formula is C24H30N2O4. The maximum Gasteiger partial charge on any atom is 0.225 e. The molecule has 2 aromatic rings. The average molecular weight is 411 g/mol. The Hall–Kier alpha value is -3.02. The number of amides is 2. The molecule has 0 aromatic heterocycles. The van der Waals surface area contributed by atoms with Gasteiger partial charge in [0.1, 0.15) is 18.1 Å². The highest BCUT2D eigenvalue weighted by atomic mass is 16.5. The van der Waals surface area contributed by atoms with Crippen LogP contribution in [-0.4, -0.2) is 49.6 Å². The minimum atomic E-state index is -0.0476. The van der Waals surface area contributed by atoms with Crippen molar-refractivity contribution >= 4 is 11.8 Å². The minimum Gasteiger partial charge on any atom is -0.493 e. The van der Waals surface area contributed by atoms with E-state index in [0.717, 1.165) is 17.1 Å². The molecule has 0 aliphatic carbocycles. The number of rotatable bonds is 9. The summed E-state index contributed by atoms with van der Waals surface area (Å²) >= 11 is 0. The van der Waals surface area contributed by atoms with Crippen LogP contribution < -0.4 is 14.8 Å². The Labute approximate surface area is 178 Å². The van der Waals surface area contributed by atoms with Gasteiger partial charge in [0, 0.05) is 19.0 Å². The molecule has 30 heavy (non-hydrogen) atoms. The molecule has 0 radical (unpaired) electrons. The third-order valence-electron chi connectivity index (χ3n) is 5.21. The van der Waals surface area contributed by atoms with Gasteiger partial charge in [-0.3, -0.25) is 9.59 Å². The Morgan fingerprint density at radius 3 is 2.40 bits per heavy atom. The molecule has 0 atom stereocenters. The summed E-state index contributed by atoms with van der Waals surface area (Å²) in [6.45, 7) is 4.52. The minimum absolute atomic E-state index is 0.0438. The summed E-state index contributed by atoms with van der Waals surface area (Å²) in [5.74, 6) is 1.66. The molecule has 2 amide bonds. The van der Waals surface area contributed by atoms with E-state index in [9.17, 15) is 9.59 Å². The Bertz CT molecular complexity index is 817. The summed E-state index contributed by atoms with van der Waals surface area (Å²) in [6, 6.07) is 17.3. The number of para-hydroxylation sites is 1. The SMILES string of the molecule is Cc1cccc(OCCNC(=O)C2CCN(C(=O)CCOc3ccccc3)CC2)c1. The first-order valence-corrected chi connectivity index (χ1v) is 10.5. The molecule has 1 aliphatic rings. The largest absolute Gasteiger partial charge is 0.493 e. The number of ether oxygens (including phenoxy) is 2. The number of aryl methyl sites for hydroxylation is 1. The molecule has 1 heterocycles. The molecule has 0 spiro atoms. The van der Waals surface area contributed by atoms with Gasteiger partial charge in [-0.25, -0.2) is 0 Å². The van der Waals surface area contributed by atoms with Gasteiger partial charge in [-0.05, 0) is 49.6 Å². The van der Waals surface area contributed by atoms with Gasteiger partial charge in [0.05, 0.1) is 19.6 Å². The lowest BCUT2D eigenvalue weighted by Gasteiger charge is -2.31. The van der Waals surface area contributed by atoms with Gasteiger partial charge < -0.3 is 19.7 Å². The topological polar surface area (TPSA) is 67.9 Å². The molecule has 1 fully saturated rings. The standard InChI is InChI=1S/C24H30N2O4/c1-19-6-5-9-22(18-19)30-17-13-25-24(28)20-10-14-26(15-11-20)23(27)12-16-29-21-7-3-2-4-8-21/h2-9,18,20H,10-17H2,1H3,(H,25,28). The first kappa shape index (κ1) is 21.7. The molecule has 6 nitrogen and oxygen atoms in total. The number of hydrogen-bond acceptors (Lipinski definition) is 4. The van der Waals surface area contributed by atoms with Crippen molar-refractivity contribution in [1.82, 2.24) is 10.2 Å². The Kier molecular flexibility index (Phi) is 8.12. The number of nitrogens with zero attached hydrogens (tertiary/aromatic N) is 1. The van der Waals surface area contributed by atoms with Crippen molar-refractivity contribution in [3.63, 3.8) is 0 Å². The van der Waals surface area contributed by atoms with Crippen molar-refractivity contribution in [2.75, 3.05) is 32.8 Å². The Balaban J connectivity index is 1.29. The number of likely N-dealkylation sites (tertiary alicyclic amines) is 1. The molecule has 3 rings (SSSR count). The predicted molar refractivity (Wildman–Crippen MR) is 116 cm³/mol. The van der Waals surface area contributed by atoms with Gasteiger partial charge in [0.25, 0.3) is 0 Å². The lowest BCUT2D eigenvalue weighted by Crippen LogP contribution is -2.43. The predicted octanol–water partition coefficient (Wildman–Crippen LogP) is 3.20. The van der Waals surface area contributed by atoms with E-state index in [2.05, 4.69) is 5.32 Å². The van der Waals surface area contributed by atoms with Crippen LogP contribution in [-0.2, 0) is 9.59 Å². The zero-order valence-corrected chi connectivity index (χ0v) is 17.5. The fourth-order valence-corrected chi connectivity index (χ4v) is 3.51. The third-order valence-corrected chi connectivity index (χ3v) is 5.21. The molecule has 1 N–H and O–H groups in total. The number of nitrogens with one attached hydrogen (secondary N) is 1. The van der Waals surface area contributed by atoms with Crippen LogP contribution in [0.15, 0.2) is 54.6 Å². The van der Waals surface area contributed by atoms with Crippen LogP contribution in [0.3, 0.4) is 0 Å². The van der Waals surface area contributed by atoms with Crippen molar-refractivity contribution in [3.05, 3.63) is 60.2 Å². The normalized spacial score (nSPS) is 14.2.